The molecule has 226 valence electrons. The van der Waals surface area contributed by atoms with Crippen molar-refractivity contribution >= 4 is 0 Å². The van der Waals surface area contributed by atoms with Crippen molar-refractivity contribution in [3.8, 4) is 0 Å². The minimum atomic E-state index is -0.668. The van der Waals surface area contributed by atoms with Crippen LogP contribution in [0.15, 0.2) is 0 Å². The molecule has 4 fully saturated rings. The van der Waals surface area contributed by atoms with Crippen molar-refractivity contribution in [2.24, 2.45) is 65.1 Å². The van der Waals surface area contributed by atoms with Gasteiger partial charge in [0, 0.05) is 0 Å². The lowest BCUT2D eigenvalue weighted by molar-refractivity contribution is -0.106. The molecule has 2 aliphatic carbocycles. The van der Waals surface area contributed by atoms with Crippen LogP contribution in [-0.4, -0.2) is 53.0 Å². The number of hydrogen-bond donors (Lipinski definition) is 4. The first-order chi connectivity index (χ1) is 18.2. The van der Waals surface area contributed by atoms with Crippen molar-refractivity contribution in [3.63, 3.8) is 0 Å². The Labute approximate surface area is 234 Å². The summed E-state index contributed by atoms with van der Waals surface area (Å²) in [5, 5.41) is 29.6. The summed E-state index contributed by atoms with van der Waals surface area (Å²) in [6, 6.07) is 0. The van der Waals surface area contributed by atoms with Crippen LogP contribution in [-0.2, 0) is 9.47 Å². The summed E-state index contributed by atoms with van der Waals surface area (Å²) in [6.45, 7) is 19.3. The van der Waals surface area contributed by atoms with Gasteiger partial charge in [-0.3, -0.25) is 0 Å². The van der Waals surface area contributed by atoms with Gasteiger partial charge >= 0.3 is 0 Å². The maximum absolute atomic E-state index is 11.5. The first kappa shape index (κ1) is 34.0. The number of ether oxygens (including phenoxy) is 2. The molecule has 4 aliphatic rings. The quantitative estimate of drug-likeness (QED) is 0.305. The molecule has 4 rings (SSSR count). The zero-order valence-electron chi connectivity index (χ0n) is 25.9. The van der Waals surface area contributed by atoms with E-state index < -0.39 is 12.2 Å². The first-order valence-corrected chi connectivity index (χ1v) is 16.0. The highest BCUT2D eigenvalue weighted by Gasteiger charge is 2.47. The number of rotatable bonds is 5. The van der Waals surface area contributed by atoms with Crippen LogP contribution in [0.5, 0.6) is 0 Å². The highest BCUT2D eigenvalue weighted by Crippen LogP contribution is 2.49. The molecular formula is C32H63NO5. The van der Waals surface area contributed by atoms with E-state index in [1.807, 2.05) is 13.8 Å². The summed E-state index contributed by atoms with van der Waals surface area (Å²) in [5.74, 6) is 8.45. The molecule has 0 amide bonds. The van der Waals surface area contributed by atoms with Crippen LogP contribution in [0.25, 0.3) is 0 Å². The third-order valence-corrected chi connectivity index (χ3v) is 11.3. The average Bonchev–Trinajstić information content (AvgIpc) is 3.26. The molecule has 0 radical (unpaired) electrons. The zero-order valence-corrected chi connectivity index (χ0v) is 25.9. The topological polar surface area (TPSA) is 105 Å². The number of nitrogens with two attached hydrogens (primary N) is 1. The molecule has 14 atom stereocenters. The molecule has 6 heteroatoms. The molecule has 2 saturated carbocycles. The highest BCUT2D eigenvalue weighted by atomic mass is 16.5. The zero-order chi connectivity index (χ0) is 28.6. The monoisotopic (exact) mass is 541 g/mol. The maximum Gasteiger partial charge on any atom is 0.0830 e. The van der Waals surface area contributed by atoms with E-state index >= 15 is 0 Å². The largest absolute Gasteiger partial charge is 0.390 e. The first-order valence-electron chi connectivity index (χ1n) is 16.0. The molecule has 2 saturated heterocycles. The van der Waals surface area contributed by atoms with E-state index in [1.165, 1.54) is 25.7 Å². The van der Waals surface area contributed by atoms with Gasteiger partial charge < -0.3 is 24.9 Å². The van der Waals surface area contributed by atoms with Gasteiger partial charge in [0.15, 0.2) is 0 Å². The smallest absolute Gasteiger partial charge is 0.0830 e. The predicted molar refractivity (Wildman–Crippen MR) is 155 cm³/mol. The molecule has 0 aromatic heterocycles. The fraction of sp³-hybridized carbons (Fsp3) is 1.00. The van der Waals surface area contributed by atoms with E-state index in [4.69, 9.17) is 14.7 Å². The second kappa shape index (κ2) is 16.3. The van der Waals surface area contributed by atoms with E-state index in [0.717, 1.165) is 50.7 Å². The molecule has 0 aromatic carbocycles. The lowest BCUT2D eigenvalue weighted by Gasteiger charge is -2.47. The number of aliphatic hydroxyl groups excluding tert-OH is 2. The molecule has 0 bridgehead atoms. The van der Waals surface area contributed by atoms with Gasteiger partial charge in [-0.1, -0.05) is 54.4 Å². The fourth-order valence-electron chi connectivity index (χ4n) is 8.74. The Morgan fingerprint density at radius 3 is 1.24 bits per heavy atom. The third kappa shape index (κ3) is 7.94. The van der Waals surface area contributed by atoms with Gasteiger partial charge in [-0.15, -0.1) is 0 Å². The number of fused-ring (bicyclic) bond motifs is 2. The van der Waals surface area contributed by atoms with Gasteiger partial charge in [-0.25, -0.2) is 5.90 Å². The van der Waals surface area contributed by atoms with Gasteiger partial charge in [-0.05, 0) is 112 Å². The van der Waals surface area contributed by atoms with Crippen molar-refractivity contribution in [2.45, 2.75) is 131 Å². The van der Waals surface area contributed by atoms with Crippen molar-refractivity contribution in [1.29, 1.82) is 0 Å². The summed E-state index contributed by atoms with van der Waals surface area (Å²) in [6.07, 6.45) is 8.91. The molecule has 2 heterocycles. The Hall–Kier alpha value is -0.240. The SMILES string of the molecule is CC.CC1CCC2C(CO1)[C@H](C(C)C(O)C(O)C(C)[C@@H]1CC[C@@H](C)C3CCC(C)OCC31)CC[C@H]2C.NO. The highest BCUT2D eigenvalue weighted by molar-refractivity contribution is 4.96. The van der Waals surface area contributed by atoms with Crippen LogP contribution < -0.4 is 5.90 Å². The molecule has 38 heavy (non-hydrogen) atoms. The molecule has 6 nitrogen and oxygen atoms in total. The summed E-state index contributed by atoms with van der Waals surface area (Å²) in [4.78, 5) is 0. The summed E-state index contributed by atoms with van der Waals surface area (Å²) >= 11 is 0. The Kier molecular flexibility index (Phi) is 14.5. The maximum atomic E-state index is 11.5. The van der Waals surface area contributed by atoms with E-state index in [1.54, 1.807) is 0 Å². The Morgan fingerprint density at radius 1 is 0.553 bits per heavy atom. The Bertz CT molecular complexity index is 595. The van der Waals surface area contributed by atoms with Crippen molar-refractivity contribution in [1.82, 2.24) is 0 Å². The van der Waals surface area contributed by atoms with E-state index in [-0.39, 0.29) is 11.8 Å². The van der Waals surface area contributed by atoms with Gasteiger partial charge in [0.1, 0.15) is 0 Å². The van der Waals surface area contributed by atoms with E-state index in [0.29, 0.717) is 47.7 Å². The molecule has 2 aliphatic heterocycles. The van der Waals surface area contributed by atoms with Crippen LogP contribution in [0, 0.1) is 59.2 Å². The molecular weight excluding hydrogens is 478 g/mol. The van der Waals surface area contributed by atoms with E-state index in [2.05, 4.69) is 47.4 Å². The van der Waals surface area contributed by atoms with Crippen LogP contribution in [0.1, 0.15) is 107 Å². The average molecular weight is 542 g/mol. The minimum absolute atomic E-state index is 0.0955. The predicted octanol–water partition coefficient (Wildman–Crippen LogP) is 6.30. The standard InChI is InChI=1S/C30H54O4.C2H6.H3NO/c1-17-7-11-25(27-15-33-19(3)9-13-23(17)27)21(5)29(31)30(32)22(6)26-12-8-18(2)24-14-10-20(4)34-16-28(24)26;2*1-2/h17-32H,7-16H2,1-6H3;1-2H3;2H,1H2/t17-,18-,19?,20?,21?,22?,23?,24?,25+,26+,27?,28?,29?,30?;;/m1../s1. The molecule has 0 aromatic rings. The van der Waals surface area contributed by atoms with E-state index in [9.17, 15) is 10.2 Å². The summed E-state index contributed by atoms with van der Waals surface area (Å²) in [7, 11) is 0. The van der Waals surface area contributed by atoms with Crippen molar-refractivity contribution in [2.75, 3.05) is 13.2 Å². The minimum Gasteiger partial charge on any atom is -0.390 e. The lowest BCUT2D eigenvalue weighted by atomic mass is 9.59. The molecule has 0 spiro atoms. The van der Waals surface area contributed by atoms with Gasteiger partial charge in [0.25, 0.3) is 0 Å². The van der Waals surface area contributed by atoms with Gasteiger partial charge in [0.2, 0.25) is 0 Å². The second-order valence-electron chi connectivity index (χ2n) is 13.2. The van der Waals surface area contributed by atoms with Gasteiger partial charge in [-0.2, -0.15) is 0 Å². The third-order valence-electron chi connectivity index (χ3n) is 11.3. The number of aliphatic hydroxyl groups is 2. The molecule has 10 unspecified atom stereocenters. The second-order valence-corrected chi connectivity index (χ2v) is 13.2. The van der Waals surface area contributed by atoms with Crippen LogP contribution in [0.3, 0.4) is 0 Å². The van der Waals surface area contributed by atoms with Crippen molar-refractivity contribution < 1.29 is 24.9 Å². The lowest BCUT2D eigenvalue weighted by Crippen LogP contribution is -2.49. The fourth-order valence-corrected chi connectivity index (χ4v) is 8.74. The van der Waals surface area contributed by atoms with Crippen LogP contribution in [0.2, 0.25) is 0 Å². The normalized spacial score (nSPS) is 42.6. The summed E-state index contributed by atoms with van der Waals surface area (Å²) < 4.78 is 12.4. The van der Waals surface area contributed by atoms with Gasteiger partial charge in [0.05, 0.1) is 37.6 Å². The Morgan fingerprint density at radius 2 is 0.895 bits per heavy atom. The van der Waals surface area contributed by atoms with Crippen LogP contribution >= 0.6 is 0 Å². The van der Waals surface area contributed by atoms with Crippen molar-refractivity contribution in [3.05, 3.63) is 0 Å². The Balaban J connectivity index is 0.00000121. The molecule has 5 N–H and O–H groups in total. The van der Waals surface area contributed by atoms with Crippen LogP contribution in [0.4, 0.5) is 0 Å². The summed E-state index contributed by atoms with van der Waals surface area (Å²) in [5.41, 5.74) is 0. The number of hydrogen-bond acceptors (Lipinski definition) is 6.